The van der Waals surface area contributed by atoms with Crippen LogP contribution in [0.5, 0.6) is 0 Å². The van der Waals surface area contributed by atoms with E-state index in [1.165, 1.54) is 11.1 Å². The third kappa shape index (κ3) is 3.71. The maximum atomic E-state index is 13.4. The van der Waals surface area contributed by atoms with Crippen LogP contribution in [0.4, 0.5) is 11.6 Å². The quantitative estimate of drug-likeness (QED) is 0.396. The number of para-hydroxylation sites is 1. The molecule has 0 amide bonds. The number of carboxylic acid groups (broad SMARTS) is 1. The van der Waals surface area contributed by atoms with Crippen molar-refractivity contribution >= 4 is 28.5 Å². The lowest BCUT2D eigenvalue weighted by Gasteiger charge is -2.22. The molecule has 0 radical (unpaired) electrons. The fraction of sp³-hybridized carbons (Fsp3) is 0.214. The zero-order chi connectivity index (χ0) is 24.0. The normalized spacial score (nSPS) is 13.7. The first-order valence-corrected chi connectivity index (χ1v) is 11.3. The first-order chi connectivity index (χ1) is 16.3. The van der Waals surface area contributed by atoms with Crippen molar-refractivity contribution in [1.82, 2.24) is 0 Å². The minimum absolute atomic E-state index is 0.0460. The van der Waals surface area contributed by atoms with Gasteiger partial charge < -0.3 is 19.7 Å². The molecule has 1 aliphatic heterocycles. The van der Waals surface area contributed by atoms with E-state index in [-0.39, 0.29) is 17.0 Å². The number of benzene rings is 3. The zero-order valence-corrected chi connectivity index (χ0v) is 19.4. The van der Waals surface area contributed by atoms with E-state index in [0.717, 1.165) is 11.1 Å². The highest BCUT2D eigenvalue weighted by Crippen LogP contribution is 2.35. The van der Waals surface area contributed by atoms with E-state index in [1.807, 2.05) is 45.0 Å². The Balaban J connectivity index is 1.60. The van der Waals surface area contributed by atoms with Gasteiger partial charge in [0.2, 0.25) is 5.88 Å². The number of nitrogens with one attached hydrogen (secondary N) is 1. The molecule has 1 aromatic heterocycles. The molecule has 2 N–H and O–H groups in total. The molecule has 172 valence electrons. The zero-order valence-electron chi connectivity index (χ0n) is 19.4. The fourth-order valence-corrected chi connectivity index (χ4v) is 4.76. The maximum Gasteiger partial charge on any atom is 0.337 e. The van der Waals surface area contributed by atoms with Crippen LogP contribution in [0.25, 0.3) is 11.0 Å². The average Bonchev–Trinajstić information content (AvgIpc) is 3.25. The van der Waals surface area contributed by atoms with Gasteiger partial charge in [0, 0.05) is 24.3 Å². The molecule has 0 saturated carbocycles. The van der Waals surface area contributed by atoms with E-state index < -0.39 is 5.97 Å². The third-order valence-electron chi connectivity index (χ3n) is 6.49. The van der Waals surface area contributed by atoms with Crippen LogP contribution >= 0.6 is 0 Å². The van der Waals surface area contributed by atoms with Gasteiger partial charge in [-0.05, 0) is 55.7 Å². The second-order valence-corrected chi connectivity index (χ2v) is 8.93. The van der Waals surface area contributed by atoms with Crippen LogP contribution in [0.15, 0.2) is 69.9 Å². The Morgan fingerprint density at radius 2 is 1.68 bits per heavy atom. The highest BCUT2D eigenvalue weighted by atomic mass is 16.4. The van der Waals surface area contributed by atoms with Crippen molar-refractivity contribution in [2.24, 2.45) is 0 Å². The minimum Gasteiger partial charge on any atom is -0.478 e. The van der Waals surface area contributed by atoms with Gasteiger partial charge in [-0.3, -0.25) is 4.79 Å². The largest absolute Gasteiger partial charge is 0.478 e. The molecule has 0 spiro atoms. The molecule has 2 heterocycles. The number of rotatable bonds is 5. The Morgan fingerprint density at radius 3 is 2.35 bits per heavy atom. The summed E-state index contributed by atoms with van der Waals surface area (Å²) in [6.45, 7) is 7.08. The lowest BCUT2D eigenvalue weighted by atomic mass is 10.00. The summed E-state index contributed by atoms with van der Waals surface area (Å²) < 4.78 is 6.48. The number of hydrogen-bond acceptors (Lipinski definition) is 5. The predicted molar refractivity (Wildman–Crippen MR) is 134 cm³/mol. The monoisotopic (exact) mass is 454 g/mol. The van der Waals surface area contributed by atoms with Gasteiger partial charge in [-0.1, -0.05) is 42.5 Å². The number of anilines is 2. The summed E-state index contributed by atoms with van der Waals surface area (Å²) >= 11 is 0. The molecule has 0 unspecified atom stereocenters. The van der Waals surface area contributed by atoms with E-state index in [1.54, 1.807) is 24.3 Å². The molecule has 6 heteroatoms. The fourth-order valence-electron chi connectivity index (χ4n) is 4.76. The molecule has 0 saturated heterocycles. The Hall–Kier alpha value is -4.06. The molecule has 4 aromatic rings. The van der Waals surface area contributed by atoms with Gasteiger partial charge in [-0.15, -0.1) is 0 Å². The number of aromatic carboxylic acids is 1. The van der Waals surface area contributed by atoms with Crippen LogP contribution in [0.2, 0.25) is 0 Å². The van der Waals surface area contributed by atoms with Crippen molar-refractivity contribution in [3.05, 3.63) is 104 Å². The van der Waals surface area contributed by atoms with Crippen molar-refractivity contribution in [3.63, 3.8) is 0 Å². The number of aryl methyl sites for hydroxylation is 1. The Bertz CT molecular complexity index is 1460. The van der Waals surface area contributed by atoms with E-state index in [2.05, 4.69) is 22.3 Å². The molecule has 5 rings (SSSR count). The highest BCUT2D eigenvalue weighted by Gasteiger charge is 2.25. The first kappa shape index (κ1) is 21.8. The van der Waals surface area contributed by atoms with Gasteiger partial charge in [0.05, 0.1) is 22.6 Å². The van der Waals surface area contributed by atoms with Crippen molar-refractivity contribution in [1.29, 1.82) is 0 Å². The number of hydrogen-bond donors (Lipinski definition) is 2. The van der Waals surface area contributed by atoms with Gasteiger partial charge in [0.1, 0.15) is 5.58 Å². The summed E-state index contributed by atoms with van der Waals surface area (Å²) in [5.41, 5.74) is 5.99. The van der Waals surface area contributed by atoms with Crippen molar-refractivity contribution in [3.8, 4) is 0 Å². The molecular weight excluding hydrogens is 428 g/mol. The number of carboxylic acids is 1. The first-order valence-electron chi connectivity index (χ1n) is 11.3. The molecule has 0 bridgehead atoms. The van der Waals surface area contributed by atoms with Gasteiger partial charge in [0.25, 0.3) is 0 Å². The van der Waals surface area contributed by atoms with Crippen LogP contribution in [-0.2, 0) is 13.1 Å². The maximum absolute atomic E-state index is 13.4. The van der Waals surface area contributed by atoms with Gasteiger partial charge in [-0.2, -0.15) is 0 Å². The summed E-state index contributed by atoms with van der Waals surface area (Å²) in [7, 11) is 0. The summed E-state index contributed by atoms with van der Waals surface area (Å²) in [5, 5.41) is 13.4. The average molecular weight is 455 g/mol. The third-order valence-corrected chi connectivity index (χ3v) is 6.49. The van der Waals surface area contributed by atoms with E-state index >= 15 is 0 Å². The molecule has 3 aromatic carbocycles. The molecule has 6 nitrogen and oxygen atoms in total. The summed E-state index contributed by atoms with van der Waals surface area (Å²) in [5.74, 6) is -0.417. The van der Waals surface area contributed by atoms with E-state index in [4.69, 9.17) is 4.42 Å². The molecule has 0 fully saturated rings. The van der Waals surface area contributed by atoms with Crippen molar-refractivity contribution in [2.45, 2.75) is 39.9 Å². The Morgan fingerprint density at radius 1 is 1.03 bits per heavy atom. The Labute approximate surface area is 197 Å². The van der Waals surface area contributed by atoms with Crippen LogP contribution in [0.1, 0.15) is 51.1 Å². The smallest absolute Gasteiger partial charge is 0.337 e. The summed E-state index contributed by atoms with van der Waals surface area (Å²) in [4.78, 5) is 27.2. The second kappa shape index (κ2) is 8.37. The van der Waals surface area contributed by atoms with Crippen LogP contribution in [-0.4, -0.2) is 11.1 Å². The molecular formula is C28H26N2O4. The number of carbonyl (C=O) groups is 1. The van der Waals surface area contributed by atoms with E-state index in [9.17, 15) is 14.7 Å². The predicted octanol–water partition coefficient (Wildman–Crippen LogP) is 5.80. The molecule has 1 aliphatic rings. The Kier molecular flexibility index (Phi) is 5.36. The molecule has 0 aliphatic carbocycles. The SMILES string of the molecule is Cc1cc([C@@H](C)Nc2ccccc2C(=O)O)c2oc(N3Cc4ccccc4C3)c(C)c(=O)c2c1. The van der Waals surface area contributed by atoms with Crippen LogP contribution in [0, 0.1) is 13.8 Å². The van der Waals surface area contributed by atoms with Gasteiger partial charge in [0.15, 0.2) is 5.43 Å². The lowest BCUT2D eigenvalue weighted by Crippen LogP contribution is -2.20. The summed E-state index contributed by atoms with van der Waals surface area (Å²) in [6, 6.07) is 18.6. The topological polar surface area (TPSA) is 82.8 Å². The van der Waals surface area contributed by atoms with Gasteiger partial charge >= 0.3 is 5.97 Å². The molecule has 1 atom stereocenters. The number of fused-ring (bicyclic) bond motifs is 2. The lowest BCUT2D eigenvalue weighted by molar-refractivity contribution is 0.0698. The van der Waals surface area contributed by atoms with Crippen LogP contribution in [0.3, 0.4) is 0 Å². The minimum atomic E-state index is -0.998. The number of nitrogens with zero attached hydrogens (tertiary/aromatic N) is 1. The standard InChI is InChI=1S/C28H26N2O4/c1-16-12-22(18(3)29-24-11-7-6-10-21(24)28(32)33)26-23(13-16)25(31)17(2)27(34-26)30-14-19-8-4-5-9-20(19)15-30/h4-13,18,29H,14-15H2,1-3H3,(H,32,33)/t18-/m1/s1. The van der Waals surface area contributed by atoms with Crippen molar-refractivity contribution in [2.75, 3.05) is 10.2 Å². The van der Waals surface area contributed by atoms with Crippen molar-refractivity contribution < 1.29 is 14.3 Å². The molecule has 34 heavy (non-hydrogen) atoms. The highest BCUT2D eigenvalue weighted by molar-refractivity contribution is 5.94. The van der Waals surface area contributed by atoms with Gasteiger partial charge in [-0.25, -0.2) is 4.79 Å². The van der Waals surface area contributed by atoms with Crippen LogP contribution < -0.4 is 15.6 Å². The van der Waals surface area contributed by atoms with E-state index in [0.29, 0.717) is 41.2 Å². The summed E-state index contributed by atoms with van der Waals surface area (Å²) in [6.07, 6.45) is 0. The second-order valence-electron chi connectivity index (χ2n) is 8.93.